The maximum Gasteiger partial charge on any atom is 0.447 e. The van der Waals surface area contributed by atoms with E-state index in [1.807, 2.05) is 0 Å². The van der Waals surface area contributed by atoms with Crippen LogP contribution in [-0.2, 0) is 0 Å². The van der Waals surface area contributed by atoms with Crippen molar-refractivity contribution < 1.29 is 17.9 Å². The van der Waals surface area contributed by atoms with Gasteiger partial charge in [0.15, 0.2) is 0 Å². The smallest absolute Gasteiger partial charge is 0.447 e. The summed E-state index contributed by atoms with van der Waals surface area (Å²) in [7, 11) is 0. The molecule has 116 valence electrons. The van der Waals surface area contributed by atoms with Crippen molar-refractivity contribution >= 4 is 56.8 Å². The minimum Gasteiger partial charge on any atom is -0.457 e. The van der Waals surface area contributed by atoms with Crippen LogP contribution in [0, 0.1) is 6.92 Å². The molecular weight excluding hydrogens is 415 g/mol. The predicted octanol–water partition coefficient (Wildman–Crippen LogP) is 6.75. The van der Waals surface area contributed by atoms with E-state index in [4.69, 9.17) is 39.5 Å². The van der Waals surface area contributed by atoms with E-state index in [0.717, 1.165) is 0 Å². The van der Waals surface area contributed by atoms with Crippen molar-refractivity contribution in [3.63, 3.8) is 0 Å². The Morgan fingerprint density at radius 3 is 2.33 bits per heavy atom. The summed E-state index contributed by atoms with van der Waals surface area (Å²) in [6.45, 7) is 3.10. The molecule has 0 spiro atoms. The van der Waals surface area contributed by atoms with Crippen molar-refractivity contribution in [2.24, 2.45) is 0 Å². The summed E-state index contributed by atoms with van der Waals surface area (Å²) in [5.41, 5.74) is 0.613. The third-order valence-corrected chi connectivity index (χ3v) is 5.79. The van der Waals surface area contributed by atoms with Crippen molar-refractivity contribution in [3.8, 4) is 5.75 Å². The Labute approximate surface area is 143 Å². The molecule has 1 aliphatic rings. The summed E-state index contributed by atoms with van der Waals surface area (Å²) in [5, 5.41) is -2.55. The van der Waals surface area contributed by atoms with Gasteiger partial charge in [0, 0.05) is 15.6 Å². The lowest BCUT2D eigenvalue weighted by atomic mass is 9.97. The predicted molar refractivity (Wildman–Crippen MR) is 82.4 cm³/mol. The average Bonchev–Trinajstić information content (AvgIpc) is 2.41. The molecular formula is C13H9BrCl3F3O. The molecule has 1 heterocycles. The molecule has 0 saturated heterocycles. The van der Waals surface area contributed by atoms with Crippen molar-refractivity contribution in [1.29, 1.82) is 0 Å². The highest BCUT2D eigenvalue weighted by molar-refractivity contribution is 9.10. The minimum atomic E-state index is -4.76. The maximum atomic E-state index is 13.3. The molecule has 0 aliphatic carbocycles. The molecule has 1 aromatic carbocycles. The third-order valence-electron chi connectivity index (χ3n) is 3.26. The topological polar surface area (TPSA) is 9.23 Å². The highest BCUT2D eigenvalue weighted by Gasteiger charge is 2.60. The fourth-order valence-corrected chi connectivity index (χ4v) is 3.38. The quantitative estimate of drug-likeness (QED) is 0.358. The Morgan fingerprint density at radius 2 is 1.86 bits per heavy atom. The van der Waals surface area contributed by atoms with Crippen LogP contribution in [0.1, 0.15) is 24.5 Å². The van der Waals surface area contributed by atoms with Crippen LogP contribution in [0.15, 0.2) is 10.0 Å². The van der Waals surface area contributed by atoms with Gasteiger partial charge in [-0.05, 0) is 40.9 Å². The molecule has 1 aromatic rings. The SMILES string of the molecule is CCC1=Cc2c(Br)c(Cl)c(Cl)c(C)c2OC1(Cl)C(F)(F)F. The lowest BCUT2D eigenvalue weighted by molar-refractivity contribution is -0.202. The molecule has 0 bridgehead atoms. The van der Waals surface area contributed by atoms with Gasteiger partial charge in [0.25, 0.3) is 5.06 Å². The highest BCUT2D eigenvalue weighted by Crippen LogP contribution is 2.53. The Kier molecular flexibility index (Phi) is 4.53. The van der Waals surface area contributed by atoms with Gasteiger partial charge in [0.1, 0.15) is 5.75 Å². The van der Waals surface area contributed by atoms with E-state index in [0.29, 0.717) is 15.6 Å². The van der Waals surface area contributed by atoms with Crippen molar-refractivity contribution in [3.05, 3.63) is 31.2 Å². The van der Waals surface area contributed by atoms with Crippen molar-refractivity contribution in [2.45, 2.75) is 31.5 Å². The number of ether oxygens (including phenoxy) is 1. The van der Waals surface area contributed by atoms with Crippen LogP contribution < -0.4 is 4.74 Å². The van der Waals surface area contributed by atoms with Gasteiger partial charge in [-0.3, -0.25) is 0 Å². The second-order valence-electron chi connectivity index (χ2n) is 4.53. The summed E-state index contributed by atoms with van der Waals surface area (Å²) in [6.07, 6.45) is -3.34. The molecule has 8 heteroatoms. The normalized spacial score (nSPS) is 21.7. The summed E-state index contributed by atoms with van der Waals surface area (Å²) >= 11 is 21.0. The first-order chi connectivity index (χ1) is 9.54. The largest absolute Gasteiger partial charge is 0.457 e. The van der Waals surface area contributed by atoms with Crippen molar-refractivity contribution in [2.75, 3.05) is 0 Å². The van der Waals surface area contributed by atoms with E-state index in [1.165, 1.54) is 13.0 Å². The molecule has 1 atom stereocenters. The number of rotatable bonds is 1. The Morgan fingerprint density at radius 1 is 1.29 bits per heavy atom. The number of hydrogen-bond donors (Lipinski definition) is 0. The molecule has 2 rings (SSSR count). The molecule has 0 radical (unpaired) electrons. The van der Waals surface area contributed by atoms with Gasteiger partial charge in [0.2, 0.25) is 0 Å². The van der Waals surface area contributed by atoms with E-state index in [2.05, 4.69) is 15.9 Å². The van der Waals surface area contributed by atoms with E-state index in [1.54, 1.807) is 6.92 Å². The zero-order chi connectivity index (χ0) is 16.2. The number of fused-ring (bicyclic) bond motifs is 1. The van der Waals surface area contributed by atoms with Gasteiger partial charge in [0.05, 0.1) is 10.0 Å². The van der Waals surface area contributed by atoms with Crippen LogP contribution in [0.2, 0.25) is 10.0 Å². The second kappa shape index (κ2) is 5.52. The lowest BCUT2D eigenvalue weighted by Crippen LogP contribution is -2.48. The monoisotopic (exact) mass is 422 g/mol. The average molecular weight is 424 g/mol. The fourth-order valence-electron chi connectivity index (χ4n) is 2.08. The standard InChI is InChI=1S/C13H9BrCl3F3O/c1-3-6-4-7-8(14)10(16)9(15)5(2)11(7)21-12(6,17)13(18,19)20/h4H,3H2,1-2H3. The maximum absolute atomic E-state index is 13.3. The highest BCUT2D eigenvalue weighted by atomic mass is 79.9. The first kappa shape index (κ1) is 17.3. The van der Waals surface area contributed by atoms with Gasteiger partial charge >= 0.3 is 6.18 Å². The molecule has 1 nitrogen and oxygen atoms in total. The second-order valence-corrected chi connectivity index (χ2v) is 6.61. The summed E-state index contributed by atoms with van der Waals surface area (Å²) in [4.78, 5) is 0. The first-order valence-corrected chi connectivity index (χ1v) is 7.80. The van der Waals surface area contributed by atoms with E-state index in [9.17, 15) is 13.2 Å². The van der Waals surface area contributed by atoms with Gasteiger partial charge in [-0.2, -0.15) is 13.2 Å². The van der Waals surface area contributed by atoms with Crippen LogP contribution in [0.25, 0.3) is 6.08 Å². The number of benzene rings is 1. The van der Waals surface area contributed by atoms with Gasteiger partial charge in [-0.15, -0.1) is 0 Å². The zero-order valence-corrected chi connectivity index (χ0v) is 14.7. The molecule has 0 amide bonds. The van der Waals surface area contributed by atoms with Gasteiger partial charge < -0.3 is 4.74 Å². The summed E-state index contributed by atoms with van der Waals surface area (Å²) < 4.78 is 45.4. The van der Waals surface area contributed by atoms with Crippen LogP contribution in [0.3, 0.4) is 0 Å². The number of alkyl halides is 4. The Hall–Kier alpha value is -0.100. The molecule has 1 aliphatic heterocycles. The van der Waals surface area contributed by atoms with Gasteiger partial charge in [-0.25, -0.2) is 0 Å². The zero-order valence-electron chi connectivity index (χ0n) is 10.8. The van der Waals surface area contributed by atoms with Crippen molar-refractivity contribution in [1.82, 2.24) is 0 Å². The van der Waals surface area contributed by atoms with Gasteiger partial charge in [-0.1, -0.05) is 41.7 Å². The minimum absolute atomic E-state index is 0.0270. The van der Waals surface area contributed by atoms with E-state index < -0.39 is 11.2 Å². The van der Waals surface area contributed by atoms with E-state index in [-0.39, 0.29) is 27.8 Å². The molecule has 0 fully saturated rings. The molecule has 0 aromatic heterocycles. The first-order valence-electron chi connectivity index (χ1n) is 5.87. The fraction of sp³-hybridized carbons (Fsp3) is 0.385. The van der Waals surface area contributed by atoms with Crippen LogP contribution in [-0.4, -0.2) is 11.2 Å². The molecule has 1 unspecified atom stereocenters. The molecule has 21 heavy (non-hydrogen) atoms. The van der Waals surface area contributed by atoms with Crippen LogP contribution in [0.4, 0.5) is 13.2 Å². The number of hydrogen-bond acceptors (Lipinski definition) is 1. The summed E-state index contributed by atoms with van der Waals surface area (Å²) in [6, 6.07) is 0. The summed E-state index contributed by atoms with van der Waals surface area (Å²) in [5.74, 6) is -0.0270. The van der Waals surface area contributed by atoms with Crippen LogP contribution in [0.5, 0.6) is 5.75 Å². The molecule has 0 saturated carbocycles. The third kappa shape index (κ3) is 2.56. The Balaban J connectivity index is 2.78. The molecule has 0 N–H and O–H groups in total. The Bertz CT molecular complexity index is 643. The van der Waals surface area contributed by atoms with Crippen LogP contribution >= 0.6 is 50.7 Å². The number of halogens is 7. The van der Waals surface area contributed by atoms with E-state index >= 15 is 0 Å². The lowest BCUT2D eigenvalue weighted by Gasteiger charge is -2.37.